The molecular weight excluding hydrogens is 255 g/mol. The molecular formula is HAlCaO8SSi. The van der Waals surface area contributed by atoms with E-state index >= 15 is 0 Å². The molecule has 0 aromatic carbocycles. The third kappa shape index (κ3) is 456. The fourth-order valence-corrected chi connectivity index (χ4v) is 0. The predicted molar refractivity (Wildman–Crippen MR) is 29.6 cm³/mol. The Balaban J connectivity index is -0.0000000457. The summed E-state index contributed by atoms with van der Waals surface area (Å²) in [7, 11) is -10.5. The topological polar surface area (TPSA) is 170 Å². The molecule has 0 spiro atoms. The van der Waals surface area contributed by atoms with Crippen molar-refractivity contribution in [3.05, 3.63) is 0 Å². The summed E-state index contributed by atoms with van der Waals surface area (Å²) in [6.45, 7) is 0. The monoisotopic (exact) mass is 256 g/mol. The summed E-state index contributed by atoms with van der Waals surface area (Å²) in [6.07, 6.45) is 0. The van der Waals surface area contributed by atoms with Crippen LogP contribution in [0.3, 0.4) is 0 Å². The van der Waals surface area contributed by atoms with Crippen LogP contribution in [-0.4, -0.2) is 81.7 Å². The van der Waals surface area contributed by atoms with E-state index in [4.69, 9.17) is 36.7 Å². The molecule has 12 heavy (non-hydrogen) atoms. The Labute approximate surface area is 110 Å². The summed E-state index contributed by atoms with van der Waals surface area (Å²) < 4.78 is 32.8. The van der Waals surface area contributed by atoms with Crippen LogP contribution in [0.2, 0.25) is 0 Å². The molecule has 0 saturated carbocycles. The van der Waals surface area contributed by atoms with Gasteiger partial charge in [0.15, 0.2) is 0 Å². The van der Waals surface area contributed by atoms with Crippen LogP contribution in [0.1, 0.15) is 0 Å². The van der Waals surface area contributed by atoms with Gasteiger partial charge in [0, 0.05) is 0 Å². The Bertz CT molecular complexity index is 154. The van der Waals surface area contributed by atoms with Gasteiger partial charge < -0.3 is 32.8 Å². The molecule has 0 saturated heterocycles. The smallest absolute Gasteiger partial charge is 0.894 e. The fourth-order valence-electron chi connectivity index (χ4n) is 0. The van der Waals surface area contributed by atoms with Crippen LogP contribution in [0.5, 0.6) is 0 Å². The zero-order valence-electron chi connectivity index (χ0n) is 5.50. The van der Waals surface area contributed by atoms with Crippen molar-refractivity contribution in [1.29, 1.82) is 0 Å². The van der Waals surface area contributed by atoms with Crippen molar-refractivity contribution < 1.29 is 36.7 Å². The Morgan fingerprint density at radius 3 is 1.08 bits per heavy atom. The molecule has 0 heterocycles. The average molecular weight is 256 g/mol. The summed E-state index contributed by atoms with van der Waals surface area (Å²) in [6, 6.07) is 0. The van der Waals surface area contributed by atoms with Crippen LogP contribution >= 0.6 is 0 Å². The molecule has 0 atom stereocenters. The molecule has 1 N–H and O–H groups in total. The first-order valence-electron chi connectivity index (χ1n) is 1.50. The SMILES string of the molecule is O=S(=O)([O-])O.[Al+3].[Ca+2].[O-][Si]([O-])([O-])[O-]. The van der Waals surface area contributed by atoms with Gasteiger partial charge in [-0.25, -0.2) is 8.42 Å². The Hall–Kier alpha value is 1.72. The molecule has 0 aromatic rings. The van der Waals surface area contributed by atoms with E-state index in [0.717, 1.165) is 0 Å². The van der Waals surface area contributed by atoms with Crippen LogP contribution in [-0.2, 0) is 10.4 Å². The van der Waals surface area contributed by atoms with Gasteiger partial charge >= 0.3 is 55.1 Å². The van der Waals surface area contributed by atoms with Gasteiger partial charge in [0.2, 0.25) is 10.4 Å². The minimum absolute atomic E-state index is 0. The van der Waals surface area contributed by atoms with Crippen molar-refractivity contribution in [2.75, 3.05) is 0 Å². The van der Waals surface area contributed by atoms with Crippen molar-refractivity contribution >= 4 is 74.5 Å². The molecule has 0 fully saturated rings. The first-order valence-corrected chi connectivity index (χ1v) is 4.50. The van der Waals surface area contributed by atoms with E-state index in [2.05, 4.69) is 0 Å². The summed E-state index contributed by atoms with van der Waals surface area (Å²) in [4.78, 5) is 34.3. The average Bonchev–Trinajstić information content (AvgIpc) is 1.12. The van der Waals surface area contributed by atoms with E-state index < -0.39 is 19.4 Å². The maximum absolute atomic E-state index is 8.63. The van der Waals surface area contributed by atoms with E-state index in [1.54, 1.807) is 0 Å². The molecule has 0 rings (SSSR count). The molecule has 0 radical (unpaired) electrons. The fraction of sp³-hybridized carbons (Fsp3) is 0. The third-order valence-electron chi connectivity index (χ3n) is 0. The summed E-state index contributed by atoms with van der Waals surface area (Å²) >= 11 is 0. The van der Waals surface area contributed by atoms with Crippen LogP contribution in [0.4, 0.5) is 0 Å². The van der Waals surface area contributed by atoms with Gasteiger partial charge in [0.25, 0.3) is 0 Å². The van der Waals surface area contributed by atoms with Crippen LogP contribution in [0, 0.1) is 0 Å². The second kappa shape index (κ2) is 9.28. The van der Waals surface area contributed by atoms with E-state index in [0.29, 0.717) is 0 Å². The zero-order chi connectivity index (χ0) is 9.00. The van der Waals surface area contributed by atoms with Gasteiger partial charge in [-0.3, -0.25) is 4.55 Å². The van der Waals surface area contributed by atoms with Gasteiger partial charge in [-0.15, -0.1) is 0 Å². The summed E-state index contributed by atoms with van der Waals surface area (Å²) in [5.41, 5.74) is 0. The first-order chi connectivity index (χ1) is 4.00. The summed E-state index contributed by atoms with van der Waals surface area (Å²) in [5, 5.41) is 0. The number of hydrogen-bond donors (Lipinski definition) is 1. The molecule has 0 aliphatic rings. The molecule has 0 unspecified atom stereocenters. The number of rotatable bonds is 0. The van der Waals surface area contributed by atoms with E-state index in [-0.39, 0.29) is 55.1 Å². The summed E-state index contributed by atoms with van der Waals surface area (Å²) in [5.74, 6) is 0. The molecule has 0 bridgehead atoms. The van der Waals surface area contributed by atoms with Gasteiger partial charge in [-0.05, 0) is 0 Å². The van der Waals surface area contributed by atoms with E-state index in [1.807, 2.05) is 0 Å². The molecule has 0 aromatic heterocycles. The first kappa shape index (κ1) is 23.5. The molecule has 0 aliphatic heterocycles. The second-order valence-electron chi connectivity index (χ2n) is 0.928. The van der Waals surface area contributed by atoms with Crippen LogP contribution in [0.15, 0.2) is 0 Å². The normalized spacial score (nSPS) is 9.83. The quantitative estimate of drug-likeness (QED) is 0.253. The number of hydrogen-bond acceptors (Lipinski definition) is 7. The molecule has 0 aliphatic carbocycles. The van der Waals surface area contributed by atoms with E-state index in [1.165, 1.54) is 0 Å². The van der Waals surface area contributed by atoms with Crippen molar-refractivity contribution in [2.45, 2.75) is 0 Å². The van der Waals surface area contributed by atoms with Crippen molar-refractivity contribution in [3.8, 4) is 0 Å². The standard InChI is InChI=1S/Al.Ca.H2O4S.O4Si/c;;2*1-5(2,3)4/h;;(H2,1,2,3,4);/q+3;+2;;-4/p-1. The van der Waals surface area contributed by atoms with Gasteiger partial charge in [0.05, 0.1) is 0 Å². The molecule has 12 heteroatoms. The van der Waals surface area contributed by atoms with Crippen LogP contribution in [0.25, 0.3) is 0 Å². The van der Waals surface area contributed by atoms with Gasteiger partial charge in [-0.1, -0.05) is 0 Å². The van der Waals surface area contributed by atoms with Crippen molar-refractivity contribution in [3.63, 3.8) is 0 Å². The van der Waals surface area contributed by atoms with Crippen LogP contribution < -0.4 is 19.2 Å². The molecule has 64 valence electrons. The second-order valence-corrected chi connectivity index (χ2v) is 2.78. The Morgan fingerprint density at radius 1 is 1.08 bits per heavy atom. The maximum atomic E-state index is 8.63. The van der Waals surface area contributed by atoms with Gasteiger partial charge in [-0.2, -0.15) is 0 Å². The Morgan fingerprint density at radius 2 is 1.08 bits per heavy atom. The Kier molecular flexibility index (Phi) is 18.2. The minimum Gasteiger partial charge on any atom is -0.894 e. The predicted octanol–water partition coefficient (Wildman–Crippen LogP) is -6.89. The maximum Gasteiger partial charge on any atom is 3.00 e. The van der Waals surface area contributed by atoms with Crippen molar-refractivity contribution in [1.82, 2.24) is 0 Å². The third-order valence-corrected chi connectivity index (χ3v) is 0. The minimum atomic E-state index is -5.61. The molecule has 8 nitrogen and oxygen atoms in total. The van der Waals surface area contributed by atoms with E-state index in [9.17, 15) is 0 Å². The van der Waals surface area contributed by atoms with Gasteiger partial charge in [0.1, 0.15) is 0 Å². The molecule has 0 amide bonds. The van der Waals surface area contributed by atoms with Crippen molar-refractivity contribution in [2.24, 2.45) is 0 Å². The zero-order valence-corrected chi connectivity index (χ0v) is 10.7. The largest absolute Gasteiger partial charge is 3.00 e.